The van der Waals surface area contributed by atoms with E-state index in [1.807, 2.05) is 19.2 Å². The van der Waals surface area contributed by atoms with Gasteiger partial charge < -0.3 is 11.1 Å². The van der Waals surface area contributed by atoms with Crippen LogP contribution in [0.3, 0.4) is 0 Å². The first-order valence-electron chi connectivity index (χ1n) is 5.75. The lowest BCUT2D eigenvalue weighted by Crippen LogP contribution is -2.31. The average molecular weight is 222 g/mol. The normalized spacial score (nSPS) is 19.5. The summed E-state index contributed by atoms with van der Waals surface area (Å²) in [7, 11) is 1.95. The average Bonchev–Trinajstić information content (AvgIpc) is 3.03. The molecule has 16 heavy (non-hydrogen) atoms. The summed E-state index contributed by atoms with van der Waals surface area (Å²) in [6, 6.07) is 5.21. The van der Waals surface area contributed by atoms with Crippen LogP contribution in [0.1, 0.15) is 30.0 Å². The van der Waals surface area contributed by atoms with Crippen LogP contribution in [0.4, 0.5) is 4.39 Å². The molecule has 0 heterocycles. The van der Waals surface area contributed by atoms with Crippen molar-refractivity contribution in [2.75, 3.05) is 13.6 Å². The predicted octanol–water partition coefficient (Wildman–Crippen LogP) is 2.13. The van der Waals surface area contributed by atoms with Gasteiger partial charge in [-0.1, -0.05) is 12.1 Å². The summed E-state index contributed by atoms with van der Waals surface area (Å²) >= 11 is 0. The van der Waals surface area contributed by atoms with Gasteiger partial charge in [0, 0.05) is 18.0 Å². The second-order valence-electron chi connectivity index (χ2n) is 4.88. The summed E-state index contributed by atoms with van der Waals surface area (Å²) in [5.74, 6) is -0.158. The largest absolute Gasteiger partial charge is 0.323 e. The van der Waals surface area contributed by atoms with Gasteiger partial charge in [-0.05, 0) is 44.0 Å². The molecule has 1 fully saturated rings. The molecule has 1 unspecified atom stereocenters. The van der Waals surface area contributed by atoms with Crippen LogP contribution >= 0.6 is 0 Å². The number of hydrogen-bond acceptors (Lipinski definition) is 2. The fourth-order valence-electron chi connectivity index (χ4n) is 2.33. The molecular weight excluding hydrogens is 203 g/mol. The van der Waals surface area contributed by atoms with Gasteiger partial charge in [0.25, 0.3) is 0 Å². The zero-order chi connectivity index (χ0) is 11.8. The van der Waals surface area contributed by atoms with Gasteiger partial charge in [0.15, 0.2) is 0 Å². The maximum absolute atomic E-state index is 13.2. The maximum Gasteiger partial charge on any atom is 0.126 e. The van der Waals surface area contributed by atoms with Gasteiger partial charge in [0.1, 0.15) is 5.82 Å². The number of nitrogens with one attached hydrogen (secondary N) is 1. The van der Waals surface area contributed by atoms with Crippen molar-refractivity contribution < 1.29 is 4.39 Å². The molecule has 3 heteroatoms. The third-order valence-electron chi connectivity index (χ3n) is 3.62. The Bertz CT molecular complexity index is 386. The first-order valence-corrected chi connectivity index (χ1v) is 5.75. The molecule has 2 nitrogen and oxygen atoms in total. The molecule has 0 radical (unpaired) electrons. The van der Waals surface area contributed by atoms with Gasteiger partial charge in [-0.2, -0.15) is 0 Å². The zero-order valence-electron chi connectivity index (χ0n) is 9.89. The summed E-state index contributed by atoms with van der Waals surface area (Å²) in [5, 5.41) is 3.19. The number of hydrogen-bond donors (Lipinski definition) is 2. The topological polar surface area (TPSA) is 38.0 Å². The Morgan fingerprint density at radius 2 is 2.19 bits per heavy atom. The zero-order valence-corrected chi connectivity index (χ0v) is 9.89. The van der Waals surface area contributed by atoms with E-state index < -0.39 is 0 Å². The number of nitrogens with two attached hydrogens (primary N) is 1. The Morgan fingerprint density at radius 3 is 2.69 bits per heavy atom. The first kappa shape index (κ1) is 11.6. The van der Waals surface area contributed by atoms with Crippen molar-refractivity contribution in [3.05, 3.63) is 35.1 Å². The number of halogens is 1. The lowest BCUT2D eigenvalue weighted by molar-refractivity contribution is 0.392. The molecule has 1 aliphatic rings. The van der Waals surface area contributed by atoms with E-state index in [0.29, 0.717) is 5.56 Å². The van der Waals surface area contributed by atoms with Crippen molar-refractivity contribution in [1.29, 1.82) is 0 Å². The van der Waals surface area contributed by atoms with E-state index in [1.165, 1.54) is 6.07 Å². The van der Waals surface area contributed by atoms with Crippen LogP contribution in [-0.2, 0) is 0 Å². The molecule has 88 valence electrons. The number of benzene rings is 1. The van der Waals surface area contributed by atoms with E-state index in [2.05, 4.69) is 5.32 Å². The van der Waals surface area contributed by atoms with E-state index >= 15 is 0 Å². The first-order chi connectivity index (χ1) is 7.59. The minimum atomic E-state index is -0.158. The molecule has 0 aliphatic heterocycles. The van der Waals surface area contributed by atoms with E-state index in [9.17, 15) is 4.39 Å². The van der Waals surface area contributed by atoms with Gasteiger partial charge in [0.05, 0.1) is 0 Å². The van der Waals surface area contributed by atoms with E-state index in [0.717, 1.165) is 24.9 Å². The molecule has 0 amide bonds. The molecule has 0 aromatic heterocycles. The lowest BCUT2D eigenvalue weighted by atomic mass is 9.90. The number of aryl methyl sites for hydroxylation is 1. The Kier molecular flexibility index (Phi) is 3.00. The van der Waals surface area contributed by atoms with Gasteiger partial charge in [-0.3, -0.25) is 0 Å². The van der Waals surface area contributed by atoms with Crippen molar-refractivity contribution in [1.82, 2.24) is 5.32 Å². The van der Waals surface area contributed by atoms with Crippen LogP contribution in [0.15, 0.2) is 18.2 Å². The highest BCUT2D eigenvalue weighted by Crippen LogP contribution is 2.53. The van der Waals surface area contributed by atoms with Crippen LogP contribution < -0.4 is 11.1 Å². The molecule has 3 N–H and O–H groups in total. The van der Waals surface area contributed by atoms with Crippen molar-refractivity contribution in [2.24, 2.45) is 11.1 Å². The van der Waals surface area contributed by atoms with E-state index in [4.69, 9.17) is 5.73 Å². The molecule has 1 aromatic rings. The Balaban J connectivity index is 2.20. The Labute approximate surface area is 96.0 Å². The van der Waals surface area contributed by atoms with Crippen LogP contribution in [0.5, 0.6) is 0 Å². The highest BCUT2D eigenvalue weighted by molar-refractivity contribution is 5.29. The highest BCUT2D eigenvalue weighted by Gasteiger charge is 2.47. The third-order valence-corrected chi connectivity index (χ3v) is 3.62. The summed E-state index contributed by atoms with van der Waals surface area (Å²) in [6.45, 7) is 2.72. The van der Waals surface area contributed by atoms with Gasteiger partial charge in [0.2, 0.25) is 0 Å². The fraction of sp³-hybridized carbons (Fsp3) is 0.538. The quantitative estimate of drug-likeness (QED) is 0.819. The summed E-state index contributed by atoms with van der Waals surface area (Å²) in [4.78, 5) is 0. The molecule has 0 spiro atoms. The van der Waals surface area contributed by atoms with Crippen LogP contribution in [0, 0.1) is 18.2 Å². The van der Waals surface area contributed by atoms with Crippen molar-refractivity contribution in [2.45, 2.75) is 25.8 Å². The Morgan fingerprint density at radius 1 is 1.50 bits per heavy atom. The van der Waals surface area contributed by atoms with Crippen molar-refractivity contribution in [3.8, 4) is 0 Å². The maximum atomic E-state index is 13.2. The van der Waals surface area contributed by atoms with Crippen LogP contribution in [0.25, 0.3) is 0 Å². The minimum Gasteiger partial charge on any atom is -0.323 e. The van der Waals surface area contributed by atoms with Crippen LogP contribution in [-0.4, -0.2) is 13.6 Å². The summed E-state index contributed by atoms with van der Waals surface area (Å²) in [6.07, 6.45) is 2.32. The lowest BCUT2D eigenvalue weighted by Gasteiger charge is -2.23. The number of rotatable bonds is 4. The molecule has 2 rings (SSSR count). The second kappa shape index (κ2) is 4.15. The van der Waals surface area contributed by atoms with Gasteiger partial charge >= 0.3 is 0 Å². The van der Waals surface area contributed by atoms with E-state index in [-0.39, 0.29) is 17.3 Å². The van der Waals surface area contributed by atoms with Crippen molar-refractivity contribution in [3.63, 3.8) is 0 Å². The van der Waals surface area contributed by atoms with Gasteiger partial charge in [-0.15, -0.1) is 0 Å². The molecule has 0 bridgehead atoms. The third kappa shape index (κ3) is 1.97. The molecule has 1 aliphatic carbocycles. The fourth-order valence-corrected chi connectivity index (χ4v) is 2.33. The van der Waals surface area contributed by atoms with Gasteiger partial charge in [-0.25, -0.2) is 4.39 Å². The van der Waals surface area contributed by atoms with Crippen LogP contribution in [0.2, 0.25) is 0 Å². The molecule has 0 saturated heterocycles. The predicted molar refractivity (Wildman–Crippen MR) is 63.7 cm³/mol. The van der Waals surface area contributed by atoms with E-state index in [1.54, 1.807) is 6.92 Å². The highest BCUT2D eigenvalue weighted by atomic mass is 19.1. The summed E-state index contributed by atoms with van der Waals surface area (Å²) in [5.41, 5.74) is 8.19. The monoisotopic (exact) mass is 222 g/mol. The SMILES string of the molecule is CNCC1(C(N)c2ccc(F)c(C)c2)CC1. The minimum absolute atomic E-state index is 0.0132. The summed E-state index contributed by atoms with van der Waals surface area (Å²) < 4.78 is 13.2. The standard InChI is InChI=1S/C13H19FN2/c1-9-7-10(3-4-11(9)14)12(15)13(5-6-13)8-16-2/h3-4,7,12,16H,5-6,8,15H2,1-2H3. The molecule has 1 atom stereocenters. The molecular formula is C13H19FN2. The van der Waals surface area contributed by atoms with Crippen molar-refractivity contribution >= 4 is 0 Å². The Hall–Kier alpha value is -0.930. The molecule has 1 saturated carbocycles. The second-order valence-corrected chi connectivity index (χ2v) is 4.88. The smallest absolute Gasteiger partial charge is 0.126 e. The molecule has 1 aromatic carbocycles.